The van der Waals surface area contributed by atoms with Gasteiger partial charge in [-0.25, -0.2) is 4.79 Å². The number of aromatic nitrogens is 6. The molecule has 0 aliphatic heterocycles. The standard InChI is InChI=1S/C25H26N6O3/c1-5-34-23-11-18(12-26-16(23)3)17-6-7-20-19(10-17)24-21(13-27-20)29(4)25(33)31(24)22-14-30(8-9-32)28-15(22)2/h6-7,10-14,32H,5,8-9H2,1-4H3. The Labute approximate surface area is 195 Å². The predicted molar refractivity (Wildman–Crippen MR) is 131 cm³/mol. The van der Waals surface area contributed by atoms with E-state index in [1.54, 1.807) is 33.3 Å². The van der Waals surface area contributed by atoms with Gasteiger partial charge in [0.05, 0.1) is 59.6 Å². The van der Waals surface area contributed by atoms with Crippen LogP contribution in [-0.2, 0) is 13.6 Å². The number of benzene rings is 1. The molecule has 9 heteroatoms. The van der Waals surface area contributed by atoms with Gasteiger partial charge in [0, 0.05) is 30.4 Å². The van der Waals surface area contributed by atoms with Crippen molar-refractivity contribution in [2.45, 2.75) is 27.3 Å². The van der Waals surface area contributed by atoms with Crippen molar-refractivity contribution in [1.29, 1.82) is 0 Å². The zero-order chi connectivity index (χ0) is 24.0. The zero-order valence-electron chi connectivity index (χ0n) is 19.6. The number of aryl methyl sites for hydroxylation is 3. The molecular weight excluding hydrogens is 432 g/mol. The van der Waals surface area contributed by atoms with Crippen LogP contribution in [0.15, 0.2) is 47.7 Å². The van der Waals surface area contributed by atoms with Crippen LogP contribution < -0.4 is 10.4 Å². The average Bonchev–Trinajstić information content (AvgIpc) is 3.31. The fourth-order valence-electron chi connectivity index (χ4n) is 4.32. The van der Waals surface area contributed by atoms with Gasteiger partial charge in [0.15, 0.2) is 0 Å². The van der Waals surface area contributed by atoms with Crippen molar-refractivity contribution in [2.75, 3.05) is 13.2 Å². The summed E-state index contributed by atoms with van der Waals surface area (Å²) in [7, 11) is 1.74. The van der Waals surface area contributed by atoms with Gasteiger partial charge in [-0.15, -0.1) is 0 Å². The lowest BCUT2D eigenvalue weighted by Crippen LogP contribution is -2.21. The van der Waals surface area contributed by atoms with E-state index in [0.29, 0.717) is 24.5 Å². The summed E-state index contributed by atoms with van der Waals surface area (Å²) in [6.45, 7) is 6.61. The number of fused-ring (bicyclic) bond motifs is 3. The van der Waals surface area contributed by atoms with Crippen molar-refractivity contribution in [3.05, 3.63) is 64.7 Å². The van der Waals surface area contributed by atoms with Crippen LogP contribution in [0.25, 0.3) is 38.8 Å². The van der Waals surface area contributed by atoms with Gasteiger partial charge in [-0.05, 0) is 44.5 Å². The van der Waals surface area contributed by atoms with Gasteiger partial charge in [0.1, 0.15) is 5.75 Å². The molecule has 1 aromatic carbocycles. The first-order valence-electron chi connectivity index (χ1n) is 11.2. The van der Waals surface area contributed by atoms with E-state index in [1.165, 1.54) is 0 Å². The summed E-state index contributed by atoms with van der Waals surface area (Å²) in [5.74, 6) is 0.750. The lowest BCUT2D eigenvalue weighted by molar-refractivity contribution is 0.269. The van der Waals surface area contributed by atoms with Crippen LogP contribution in [0.3, 0.4) is 0 Å². The summed E-state index contributed by atoms with van der Waals surface area (Å²) in [4.78, 5) is 22.5. The number of hydrogen-bond acceptors (Lipinski definition) is 6. The Bertz CT molecular complexity index is 1590. The molecule has 0 fully saturated rings. The Hall–Kier alpha value is -3.98. The summed E-state index contributed by atoms with van der Waals surface area (Å²) in [6.07, 6.45) is 5.35. The molecule has 0 aliphatic carbocycles. The van der Waals surface area contributed by atoms with E-state index < -0.39 is 0 Å². The molecule has 174 valence electrons. The van der Waals surface area contributed by atoms with E-state index in [0.717, 1.165) is 44.5 Å². The molecule has 1 N–H and O–H groups in total. The normalized spacial score (nSPS) is 11.6. The third kappa shape index (κ3) is 3.45. The highest BCUT2D eigenvalue weighted by Gasteiger charge is 2.19. The predicted octanol–water partition coefficient (Wildman–Crippen LogP) is 3.14. The van der Waals surface area contributed by atoms with Crippen LogP contribution in [0.1, 0.15) is 18.3 Å². The number of ether oxygens (including phenoxy) is 1. The smallest absolute Gasteiger partial charge is 0.333 e. The maximum atomic E-state index is 13.3. The van der Waals surface area contributed by atoms with Crippen molar-refractivity contribution < 1.29 is 9.84 Å². The molecule has 0 bridgehead atoms. The van der Waals surface area contributed by atoms with E-state index in [2.05, 4.69) is 15.1 Å². The van der Waals surface area contributed by atoms with Crippen LogP contribution in [0.5, 0.6) is 5.75 Å². The van der Waals surface area contributed by atoms with E-state index in [1.807, 2.05) is 51.2 Å². The Balaban J connectivity index is 1.79. The largest absolute Gasteiger partial charge is 0.492 e. The molecule has 0 unspecified atom stereocenters. The van der Waals surface area contributed by atoms with Crippen LogP contribution in [0.2, 0.25) is 0 Å². The molecule has 34 heavy (non-hydrogen) atoms. The van der Waals surface area contributed by atoms with Gasteiger partial charge in [0.25, 0.3) is 0 Å². The summed E-state index contributed by atoms with van der Waals surface area (Å²) in [5, 5.41) is 14.6. The molecule has 0 spiro atoms. The number of aliphatic hydroxyl groups is 1. The van der Waals surface area contributed by atoms with Gasteiger partial charge < -0.3 is 9.84 Å². The Kier molecular flexibility index (Phi) is 5.41. The van der Waals surface area contributed by atoms with E-state index >= 15 is 0 Å². The molecule has 5 rings (SSSR count). The highest BCUT2D eigenvalue weighted by Crippen LogP contribution is 2.31. The second-order valence-corrected chi connectivity index (χ2v) is 8.23. The van der Waals surface area contributed by atoms with Gasteiger partial charge in [-0.2, -0.15) is 5.10 Å². The molecule has 0 amide bonds. The van der Waals surface area contributed by atoms with Crippen molar-refractivity contribution in [3.8, 4) is 22.6 Å². The van der Waals surface area contributed by atoms with E-state index in [4.69, 9.17) is 4.74 Å². The number of pyridine rings is 2. The summed E-state index contributed by atoms with van der Waals surface area (Å²) in [6, 6.07) is 7.98. The molecule has 0 aliphatic rings. The number of hydrogen-bond donors (Lipinski definition) is 1. The van der Waals surface area contributed by atoms with Gasteiger partial charge >= 0.3 is 5.69 Å². The second kappa shape index (κ2) is 8.42. The van der Waals surface area contributed by atoms with E-state index in [9.17, 15) is 9.90 Å². The lowest BCUT2D eigenvalue weighted by atomic mass is 10.0. The van der Waals surface area contributed by atoms with Crippen molar-refractivity contribution in [1.82, 2.24) is 28.9 Å². The third-order valence-electron chi connectivity index (χ3n) is 6.05. The quantitative estimate of drug-likeness (QED) is 0.420. The maximum Gasteiger partial charge on any atom is 0.333 e. The average molecular weight is 459 g/mol. The first-order chi connectivity index (χ1) is 16.4. The molecular formula is C25H26N6O3. The van der Waals surface area contributed by atoms with Crippen LogP contribution >= 0.6 is 0 Å². The number of rotatable bonds is 6. The third-order valence-corrected chi connectivity index (χ3v) is 6.05. The number of aliphatic hydroxyl groups excluding tert-OH is 1. The Morgan fingerprint density at radius 2 is 1.88 bits per heavy atom. The minimum absolute atomic E-state index is 0.0322. The maximum absolute atomic E-state index is 13.3. The van der Waals surface area contributed by atoms with Crippen LogP contribution in [0, 0.1) is 13.8 Å². The molecule has 0 saturated heterocycles. The lowest BCUT2D eigenvalue weighted by Gasteiger charge is -2.10. The van der Waals surface area contributed by atoms with Crippen molar-refractivity contribution >= 4 is 21.9 Å². The van der Waals surface area contributed by atoms with Gasteiger partial charge in [0.2, 0.25) is 0 Å². The van der Waals surface area contributed by atoms with E-state index in [-0.39, 0.29) is 12.3 Å². The molecule has 4 aromatic heterocycles. The second-order valence-electron chi connectivity index (χ2n) is 8.23. The molecule has 0 atom stereocenters. The molecule has 4 heterocycles. The van der Waals surface area contributed by atoms with Crippen molar-refractivity contribution in [2.24, 2.45) is 7.05 Å². The fraction of sp³-hybridized carbons (Fsp3) is 0.280. The Morgan fingerprint density at radius 3 is 2.65 bits per heavy atom. The summed E-state index contributed by atoms with van der Waals surface area (Å²) in [5.41, 5.74) is 6.17. The minimum Gasteiger partial charge on any atom is -0.492 e. The molecule has 9 nitrogen and oxygen atoms in total. The van der Waals surface area contributed by atoms with Crippen LogP contribution in [0.4, 0.5) is 0 Å². The highest BCUT2D eigenvalue weighted by molar-refractivity contribution is 6.04. The fourth-order valence-corrected chi connectivity index (χ4v) is 4.32. The first-order valence-corrected chi connectivity index (χ1v) is 11.2. The zero-order valence-corrected chi connectivity index (χ0v) is 19.6. The number of nitrogens with zero attached hydrogens (tertiary/aromatic N) is 6. The topological polar surface area (TPSA) is 100.0 Å². The Morgan fingerprint density at radius 1 is 1.06 bits per heavy atom. The SMILES string of the molecule is CCOc1cc(-c2ccc3ncc4c(c3c2)n(-c2cn(CCO)nc2C)c(=O)n4C)cnc1C. The number of imidazole rings is 1. The molecule has 0 radical (unpaired) electrons. The van der Waals surface area contributed by atoms with Crippen molar-refractivity contribution in [3.63, 3.8) is 0 Å². The van der Waals surface area contributed by atoms with Gasteiger partial charge in [-0.1, -0.05) is 6.07 Å². The van der Waals surface area contributed by atoms with Crippen LogP contribution in [-0.4, -0.2) is 47.2 Å². The first kappa shape index (κ1) is 21.8. The summed E-state index contributed by atoms with van der Waals surface area (Å²) < 4.78 is 10.7. The molecule has 5 aromatic rings. The van der Waals surface area contributed by atoms with Gasteiger partial charge in [-0.3, -0.25) is 23.8 Å². The molecule has 0 saturated carbocycles. The summed E-state index contributed by atoms with van der Waals surface area (Å²) >= 11 is 0. The highest BCUT2D eigenvalue weighted by atomic mass is 16.5. The minimum atomic E-state index is -0.183. The monoisotopic (exact) mass is 458 g/mol.